The first-order valence-electron chi connectivity index (χ1n) is 24.5. The molecule has 5 aromatic rings. The molecule has 0 radical (unpaired) electrons. The van der Waals surface area contributed by atoms with E-state index in [0.29, 0.717) is 27.6 Å². The Bertz CT molecular complexity index is 2760. The minimum atomic E-state index is -0.991. The van der Waals surface area contributed by atoms with Gasteiger partial charge in [0.15, 0.2) is 5.82 Å². The third-order valence-corrected chi connectivity index (χ3v) is 13.4. The molecule has 5 amide bonds. The topological polar surface area (TPSA) is 308 Å². The van der Waals surface area contributed by atoms with E-state index in [1.165, 1.54) is 23.5 Å². The largest absolute Gasteiger partial charge is 0.397 e. The van der Waals surface area contributed by atoms with Crippen molar-refractivity contribution in [3.8, 4) is 21.6 Å². The van der Waals surface area contributed by atoms with Crippen LogP contribution in [0.4, 0.5) is 21.6 Å². The number of ether oxygens (including phenoxy) is 5. The zero-order chi connectivity index (χ0) is 54.1. The Balaban J connectivity index is 0.769. The first-order valence-corrected chi connectivity index (χ1v) is 25.4. The fourth-order valence-electron chi connectivity index (χ4n) is 8.34. The Morgan fingerprint density at radius 2 is 1.56 bits per heavy atom. The Labute approximate surface area is 438 Å². The number of primary amides is 1. The molecular weight excluding hydrogens is 992 g/mol. The van der Waals surface area contributed by atoms with Crippen LogP contribution in [-0.4, -0.2) is 145 Å². The molecule has 75 heavy (non-hydrogen) atoms. The predicted molar refractivity (Wildman–Crippen MR) is 280 cm³/mol. The van der Waals surface area contributed by atoms with E-state index in [0.717, 1.165) is 21.7 Å². The van der Waals surface area contributed by atoms with Crippen LogP contribution in [0.3, 0.4) is 0 Å². The number of nitrogens with zero attached hydrogens (tertiary/aromatic N) is 4. The number of benzene rings is 2. The summed E-state index contributed by atoms with van der Waals surface area (Å²) in [5.41, 5.74) is 23.4. The number of aryl methyl sites for hydroxylation is 1. The van der Waals surface area contributed by atoms with Gasteiger partial charge in [0, 0.05) is 67.8 Å². The molecular formula is C52H67FN10O11S. The Hall–Kier alpha value is -6.73. The van der Waals surface area contributed by atoms with Gasteiger partial charge in [-0.2, -0.15) is 0 Å². The van der Waals surface area contributed by atoms with Crippen molar-refractivity contribution in [1.82, 2.24) is 30.5 Å². The van der Waals surface area contributed by atoms with E-state index < -0.39 is 47.2 Å². The van der Waals surface area contributed by atoms with Crippen LogP contribution in [0.1, 0.15) is 56.4 Å². The highest BCUT2D eigenvalue weighted by atomic mass is 32.1. The highest BCUT2D eigenvalue weighted by Crippen LogP contribution is 2.36. The number of aromatic nitrogens is 3. The summed E-state index contributed by atoms with van der Waals surface area (Å²) in [6.45, 7) is 9.15. The van der Waals surface area contributed by atoms with E-state index in [2.05, 4.69) is 30.9 Å². The summed E-state index contributed by atoms with van der Waals surface area (Å²) in [4.78, 5) is 79.1. The van der Waals surface area contributed by atoms with Crippen molar-refractivity contribution in [2.24, 2.45) is 11.1 Å². The monoisotopic (exact) mass is 1060 g/mol. The zero-order valence-electron chi connectivity index (χ0n) is 42.7. The average molecular weight is 1060 g/mol. The number of likely N-dealkylation sites (tertiary alicyclic amines) is 1. The maximum absolute atomic E-state index is 15.3. The molecule has 0 aliphatic carbocycles. The lowest BCUT2D eigenvalue weighted by molar-refractivity contribution is -0.141. The van der Waals surface area contributed by atoms with E-state index in [9.17, 15) is 29.1 Å². The molecule has 1 saturated heterocycles. The molecule has 1 unspecified atom stereocenters. The lowest BCUT2D eigenvalue weighted by Crippen LogP contribution is -2.47. The number of β-amino-alcohol motifs (C(OH)–C–C–N with tert-alkyl or cyclic N) is 1. The Kier molecular flexibility index (Phi) is 21.3. The number of pyridine rings is 2. The molecule has 0 bridgehead atoms. The first kappa shape index (κ1) is 57.5. The van der Waals surface area contributed by atoms with Crippen molar-refractivity contribution >= 4 is 68.8 Å². The fraction of sp³-hybridized carbons (Fsp3) is 0.462. The summed E-state index contributed by atoms with van der Waals surface area (Å²) in [5.74, 6) is -2.57. The number of nitrogen functional groups attached to an aromatic ring is 2. The molecule has 1 fully saturated rings. The van der Waals surface area contributed by atoms with Gasteiger partial charge in [-0.1, -0.05) is 38.1 Å². The highest BCUT2D eigenvalue weighted by Gasteiger charge is 2.41. The second kappa shape index (κ2) is 27.7. The summed E-state index contributed by atoms with van der Waals surface area (Å²) < 4.78 is 42.9. The number of thiazole rings is 1. The van der Waals surface area contributed by atoms with Gasteiger partial charge in [-0.15, -0.1) is 11.3 Å². The van der Waals surface area contributed by atoms with Crippen LogP contribution >= 0.6 is 11.3 Å². The SMILES string of the molecule is Cc1ncsc1-c1ccc(CNC(=O)[C@@H]2C[C@@H](O)CN2C(=O)CC(C)(C)CC(OCCOCCOCCOCCOCC(=O)NCCC(=O)Nc2cc3cc(-c4cncc(N)c4C)c(F)c(N)c3cn2)C(N)=O)cc1. The van der Waals surface area contributed by atoms with Crippen molar-refractivity contribution in [2.45, 2.75) is 78.2 Å². The quantitative estimate of drug-likeness (QED) is 0.0265. The number of rotatable bonds is 29. The molecule has 1 aliphatic heterocycles. The minimum absolute atomic E-state index is 0.00783. The van der Waals surface area contributed by atoms with Gasteiger partial charge >= 0.3 is 0 Å². The number of carbonyl (C=O) groups is 5. The van der Waals surface area contributed by atoms with Crippen LogP contribution in [0.15, 0.2) is 60.5 Å². The second-order valence-corrected chi connectivity index (χ2v) is 19.7. The van der Waals surface area contributed by atoms with Crippen molar-refractivity contribution in [3.63, 3.8) is 0 Å². The van der Waals surface area contributed by atoms with Crippen molar-refractivity contribution in [3.05, 3.63) is 83.1 Å². The van der Waals surface area contributed by atoms with E-state index in [-0.39, 0.29) is 134 Å². The fourth-order valence-corrected chi connectivity index (χ4v) is 9.16. The molecule has 6 rings (SSSR count). The maximum atomic E-state index is 15.3. The molecule has 1 aliphatic rings. The minimum Gasteiger partial charge on any atom is -0.397 e. The first-order chi connectivity index (χ1) is 35.9. The van der Waals surface area contributed by atoms with Gasteiger partial charge in [0.1, 0.15) is 24.6 Å². The molecule has 2 aromatic carbocycles. The lowest BCUT2D eigenvalue weighted by Gasteiger charge is -2.31. The molecule has 0 saturated carbocycles. The number of aliphatic hydroxyl groups is 1. The van der Waals surface area contributed by atoms with E-state index >= 15 is 4.39 Å². The van der Waals surface area contributed by atoms with Crippen LogP contribution in [0.2, 0.25) is 0 Å². The van der Waals surface area contributed by atoms with E-state index in [1.807, 2.05) is 45.0 Å². The number of anilines is 3. The third kappa shape index (κ3) is 16.9. The standard InChI is InChI=1S/C52H67FN10O11S/c1-31-38(25-57-27-40(31)54)37-19-35-20-43(59-26-39(35)48(55)47(37)53)62-44(65)9-10-58-45(66)29-73-16-15-71-12-11-70-13-14-72-17-18-74-42(50(56)68)22-52(3,4)23-46(67)63-28-36(64)21-41(63)51(69)60-24-33-5-7-34(8-6-33)49-32(2)61-30-75-49/h5-8,19-20,25-27,30,36,41-42,64H,9-18,21-24,28-29,54-55H2,1-4H3,(H2,56,68)(H,58,66)(H,60,69)(H,59,62,65)/t36-,41+,42?/m1/s1. The third-order valence-electron chi connectivity index (χ3n) is 12.4. The van der Waals surface area contributed by atoms with Gasteiger partial charge in [-0.3, -0.25) is 29.0 Å². The van der Waals surface area contributed by atoms with E-state index in [4.69, 9.17) is 40.9 Å². The number of hydrogen-bond acceptors (Lipinski definition) is 17. The summed E-state index contributed by atoms with van der Waals surface area (Å²) >= 11 is 1.56. The smallest absolute Gasteiger partial charge is 0.246 e. The van der Waals surface area contributed by atoms with Gasteiger partial charge in [0.25, 0.3) is 0 Å². The van der Waals surface area contributed by atoms with Gasteiger partial charge in [0.05, 0.1) is 92.6 Å². The van der Waals surface area contributed by atoms with E-state index in [1.54, 1.807) is 35.9 Å². The molecule has 3 aromatic heterocycles. The van der Waals surface area contributed by atoms with Gasteiger partial charge < -0.3 is 66.8 Å². The number of halogens is 1. The average Bonchev–Trinajstić information content (AvgIpc) is 3.99. The predicted octanol–water partition coefficient (Wildman–Crippen LogP) is 3.81. The Morgan fingerprint density at radius 3 is 2.23 bits per heavy atom. The van der Waals surface area contributed by atoms with Gasteiger partial charge in [-0.25, -0.2) is 14.4 Å². The molecule has 21 nitrogen and oxygen atoms in total. The Morgan fingerprint density at radius 1 is 0.880 bits per heavy atom. The van der Waals surface area contributed by atoms with Gasteiger partial charge in [0.2, 0.25) is 29.5 Å². The molecule has 4 heterocycles. The maximum Gasteiger partial charge on any atom is 0.246 e. The summed E-state index contributed by atoms with van der Waals surface area (Å²) in [7, 11) is 0. The summed E-state index contributed by atoms with van der Waals surface area (Å²) in [6, 6.07) is 10.2. The van der Waals surface area contributed by atoms with Gasteiger partial charge in [-0.05, 0) is 59.9 Å². The number of nitrogens with one attached hydrogen (secondary N) is 3. The normalized spacial score (nSPS) is 15.0. The number of hydrogen-bond donors (Lipinski definition) is 7. The molecule has 3 atom stereocenters. The number of aliphatic hydroxyl groups excluding tert-OH is 1. The lowest BCUT2D eigenvalue weighted by atomic mass is 9.82. The van der Waals surface area contributed by atoms with Crippen LogP contribution in [0.5, 0.6) is 0 Å². The van der Waals surface area contributed by atoms with Crippen LogP contribution in [0, 0.1) is 25.1 Å². The van der Waals surface area contributed by atoms with Crippen molar-refractivity contribution < 1.29 is 57.2 Å². The molecule has 10 N–H and O–H groups in total. The summed E-state index contributed by atoms with van der Waals surface area (Å²) in [6.07, 6.45) is 2.75. The van der Waals surface area contributed by atoms with Crippen molar-refractivity contribution in [1.29, 1.82) is 0 Å². The summed E-state index contributed by atoms with van der Waals surface area (Å²) in [5, 5.41) is 19.6. The second-order valence-electron chi connectivity index (χ2n) is 18.8. The number of amides is 5. The molecule has 0 spiro atoms. The highest BCUT2D eigenvalue weighted by molar-refractivity contribution is 7.13. The van der Waals surface area contributed by atoms with Crippen LogP contribution in [-0.2, 0) is 54.2 Å². The molecule has 404 valence electrons. The molecule has 23 heteroatoms. The number of carbonyl (C=O) groups excluding carboxylic acids is 5. The van der Waals surface area contributed by atoms with Crippen LogP contribution in [0.25, 0.3) is 32.3 Å². The number of nitrogens with two attached hydrogens (primary N) is 3. The van der Waals surface area contributed by atoms with Crippen LogP contribution < -0.4 is 33.2 Å². The van der Waals surface area contributed by atoms with Crippen molar-refractivity contribution in [2.75, 3.05) is 89.3 Å². The number of fused-ring (bicyclic) bond motifs is 1. The zero-order valence-corrected chi connectivity index (χ0v) is 43.5.